The molecule has 0 bridgehead atoms. The standard InChI is InChI=1S/C15H21N3O/c1-18(2)10-12-14(11-5-8-19-9-6-11)17-13-4-3-7-16-15(12)13/h3-4,7,11,17H,5-6,8-10H2,1-2H3. The van der Waals surface area contributed by atoms with Gasteiger partial charge in [0.1, 0.15) is 0 Å². The fourth-order valence-corrected chi connectivity index (χ4v) is 2.91. The number of aromatic amines is 1. The molecule has 1 aliphatic rings. The van der Waals surface area contributed by atoms with Gasteiger partial charge in [0.25, 0.3) is 0 Å². The van der Waals surface area contributed by atoms with Crippen LogP contribution in [0, 0.1) is 0 Å². The second kappa shape index (κ2) is 5.31. The quantitative estimate of drug-likeness (QED) is 0.921. The summed E-state index contributed by atoms with van der Waals surface area (Å²) in [6.45, 7) is 2.67. The number of nitrogens with one attached hydrogen (secondary N) is 1. The molecule has 1 fully saturated rings. The largest absolute Gasteiger partial charge is 0.381 e. The summed E-state index contributed by atoms with van der Waals surface area (Å²) in [5.41, 5.74) is 5.00. The van der Waals surface area contributed by atoms with Gasteiger partial charge in [-0.25, -0.2) is 0 Å². The molecular formula is C15H21N3O. The van der Waals surface area contributed by atoms with Crippen LogP contribution in [0.3, 0.4) is 0 Å². The Labute approximate surface area is 113 Å². The van der Waals surface area contributed by atoms with Gasteiger partial charge >= 0.3 is 0 Å². The molecule has 4 heteroatoms. The highest BCUT2D eigenvalue weighted by atomic mass is 16.5. The predicted octanol–water partition coefficient (Wildman–Crippen LogP) is 2.52. The highest BCUT2D eigenvalue weighted by Crippen LogP contribution is 2.32. The van der Waals surface area contributed by atoms with Crippen LogP contribution in [-0.2, 0) is 11.3 Å². The van der Waals surface area contributed by atoms with Crippen molar-refractivity contribution in [3.8, 4) is 0 Å². The van der Waals surface area contributed by atoms with Crippen molar-refractivity contribution in [2.24, 2.45) is 0 Å². The first-order valence-electron chi connectivity index (χ1n) is 6.93. The highest BCUT2D eigenvalue weighted by molar-refractivity contribution is 5.80. The van der Waals surface area contributed by atoms with Crippen LogP contribution in [0.4, 0.5) is 0 Å². The molecular weight excluding hydrogens is 238 g/mol. The van der Waals surface area contributed by atoms with E-state index in [0.29, 0.717) is 5.92 Å². The number of fused-ring (bicyclic) bond motifs is 1. The zero-order valence-corrected chi connectivity index (χ0v) is 11.6. The first kappa shape index (κ1) is 12.6. The minimum atomic E-state index is 0.581. The van der Waals surface area contributed by atoms with E-state index in [0.717, 1.165) is 43.6 Å². The van der Waals surface area contributed by atoms with Gasteiger partial charge in [-0.15, -0.1) is 0 Å². The first-order chi connectivity index (χ1) is 9.25. The van der Waals surface area contributed by atoms with E-state index in [1.54, 1.807) is 0 Å². The Kier molecular flexibility index (Phi) is 3.53. The van der Waals surface area contributed by atoms with E-state index >= 15 is 0 Å². The van der Waals surface area contributed by atoms with Crippen molar-refractivity contribution in [1.82, 2.24) is 14.9 Å². The molecule has 1 N–H and O–H groups in total. The van der Waals surface area contributed by atoms with E-state index in [4.69, 9.17) is 4.74 Å². The van der Waals surface area contributed by atoms with Crippen LogP contribution >= 0.6 is 0 Å². The lowest BCUT2D eigenvalue weighted by Crippen LogP contribution is -2.18. The number of hydrogen-bond acceptors (Lipinski definition) is 3. The third-order valence-electron chi connectivity index (χ3n) is 3.79. The lowest BCUT2D eigenvalue weighted by atomic mass is 9.93. The Bertz CT molecular complexity index is 556. The Morgan fingerprint density at radius 3 is 2.89 bits per heavy atom. The third kappa shape index (κ3) is 2.51. The Morgan fingerprint density at radius 2 is 2.16 bits per heavy atom. The Morgan fingerprint density at radius 1 is 1.37 bits per heavy atom. The van der Waals surface area contributed by atoms with E-state index in [2.05, 4.69) is 35.0 Å². The molecule has 2 aromatic heterocycles. The average molecular weight is 259 g/mol. The van der Waals surface area contributed by atoms with Crippen molar-refractivity contribution in [1.29, 1.82) is 0 Å². The summed E-state index contributed by atoms with van der Waals surface area (Å²) in [4.78, 5) is 10.4. The fourth-order valence-electron chi connectivity index (χ4n) is 2.91. The average Bonchev–Trinajstić information content (AvgIpc) is 2.78. The van der Waals surface area contributed by atoms with Crippen LogP contribution in [0.15, 0.2) is 18.3 Å². The molecule has 0 aliphatic carbocycles. The molecule has 0 unspecified atom stereocenters. The summed E-state index contributed by atoms with van der Waals surface area (Å²) in [6, 6.07) is 4.11. The molecule has 0 radical (unpaired) electrons. The molecule has 0 atom stereocenters. The van der Waals surface area contributed by atoms with Gasteiger partial charge in [0.15, 0.2) is 0 Å². The lowest BCUT2D eigenvalue weighted by molar-refractivity contribution is 0.0843. The van der Waals surface area contributed by atoms with Crippen molar-refractivity contribution in [3.05, 3.63) is 29.6 Å². The SMILES string of the molecule is CN(C)Cc1c(C2CCOCC2)[nH]c2cccnc12. The molecule has 3 rings (SSSR count). The molecule has 0 amide bonds. The van der Waals surface area contributed by atoms with Gasteiger partial charge in [0.05, 0.1) is 11.0 Å². The van der Waals surface area contributed by atoms with E-state index < -0.39 is 0 Å². The number of nitrogens with zero attached hydrogens (tertiary/aromatic N) is 2. The topological polar surface area (TPSA) is 41.1 Å². The summed E-state index contributed by atoms with van der Waals surface area (Å²) in [5.74, 6) is 0.581. The van der Waals surface area contributed by atoms with Gasteiger partial charge in [-0.2, -0.15) is 0 Å². The number of ether oxygens (including phenoxy) is 1. The molecule has 19 heavy (non-hydrogen) atoms. The molecule has 0 aromatic carbocycles. The van der Waals surface area contributed by atoms with Gasteiger partial charge in [-0.05, 0) is 39.1 Å². The maximum absolute atomic E-state index is 5.48. The van der Waals surface area contributed by atoms with Gasteiger partial charge in [-0.3, -0.25) is 4.98 Å². The number of H-pyrrole nitrogens is 1. The molecule has 1 aliphatic heterocycles. The molecule has 0 spiro atoms. The molecule has 4 nitrogen and oxygen atoms in total. The molecule has 0 saturated carbocycles. The Balaban J connectivity index is 2.05. The molecule has 102 valence electrons. The first-order valence-corrected chi connectivity index (χ1v) is 6.93. The summed E-state index contributed by atoms with van der Waals surface area (Å²) in [7, 11) is 4.21. The van der Waals surface area contributed by atoms with E-state index in [9.17, 15) is 0 Å². The van der Waals surface area contributed by atoms with Gasteiger partial charge in [-0.1, -0.05) is 0 Å². The van der Waals surface area contributed by atoms with Crippen LogP contribution in [0.25, 0.3) is 11.0 Å². The normalized spacial score (nSPS) is 17.4. The number of rotatable bonds is 3. The maximum Gasteiger partial charge on any atom is 0.0926 e. The molecule has 3 heterocycles. The number of aromatic nitrogens is 2. The maximum atomic E-state index is 5.48. The van der Waals surface area contributed by atoms with E-state index in [1.165, 1.54) is 11.3 Å². The van der Waals surface area contributed by atoms with E-state index in [-0.39, 0.29) is 0 Å². The monoisotopic (exact) mass is 259 g/mol. The van der Waals surface area contributed by atoms with Crippen LogP contribution in [0.5, 0.6) is 0 Å². The van der Waals surface area contributed by atoms with Crippen LogP contribution in [0.1, 0.15) is 30.0 Å². The lowest BCUT2D eigenvalue weighted by Gasteiger charge is -2.23. The summed E-state index contributed by atoms with van der Waals surface area (Å²) < 4.78 is 5.48. The minimum absolute atomic E-state index is 0.581. The third-order valence-corrected chi connectivity index (χ3v) is 3.79. The molecule has 2 aromatic rings. The second-order valence-electron chi connectivity index (χ2n) is 5.54. The van der Waals surface area contributed by atoms with E-state index in [1.807, 2.05) is 12.3 Å². The van der Waals surface area contributed by atoms with Crippen LogP contribution in [0.2, 0.25) is 0 Å². The van der Waals surface area contributed by atoms with Crippen molar-refractivity contribution >= 4 is 11.0 Å². The zero-order chi connectivity index (χ0) is 13.2. The van der Waals surface area contributed by atoms with Crippen molar-refractivity contribution in [2.75, 3.05) is 27.3 Å². The predicted molar refractivity (Wildman–Crippen MR) is 76.3 cm³/mol. The summed E-state index contributed by atoms with van der Waals surface area (Å²) >= 11 is 0. The summed E-state index contributed by atoms with van der Waals surface area (Å²) in [5, 5.41) is 0. The van der Waals surface area contributed by atoms with Gasteiger partial charge in [0.2, 0.25) is 0 Å². The summed E-state index contributed by atoms with van der Waals surface area (Å²) in [6.07, 6.45) is 4.09. The van der Waals surface area contributed by atoms with Crippen molar-refractivity contribution < 1.29 is 4.74 Å². The Hall–Kier alpha value is -1.39. The number of pyridine rings is 1. The van der Waals surface area contributed by atoms with Crippen molar-refractivity contribution in [2.45, 2.75) is 25.3 Å². The fraction of sp³-hybridized carbons (Fsp3) is 0.533. The minimum Gasteiger partial charge on any atom is -0.381 e. The van der Waals surface area contributed by atoms with Crippen LogP contribution < -0.4 is 0 Å². The smallest absolute Gasteiger partial charge is 0.0926 e. The zero-order valence-electron chi connectivity index (χ0n) is 11.6. The highest BCUT2D eigenvalue weighted by Gasteiger charge is 2.23. The van der Waals surface area contributed by atoms with Crippen LogP contribution in [-0.4, -0.2) is 42.2 Å². The molecule has 1 saturated heterocycles. The second-order valence-corrected chi connectivity index (χ2v) is 5.54. The van der Waals surface area contributed by atoms with Crippen molar-refractivity contribution in [3.63, 3.8) is 0 Å². The van der Waals surface area contributed by atoms with Gasteiger partial charge in [0, 0.05) is 43.1 Å². The van der Waals surface area contributed by atoms with Gasteiger partial charge < -0.3 is 14.6 Å². The number of hydrogen-bond donors (Lipinski definition) is 1.